The van der Waals surface area contributed by atoms with Crippen LogP contribution < -0.4 is 4.74 Å². The minimum atomic E-state index is -4.29. The van der Waals surface area contributed by atoms with Crippen LogP contribution in [0.2, 0.25) is 0 Å². The maximum absolute atomic E-state index is 12.5. The fourth-order valence-corrected chi connectivity index (χ4v) is 1.88. The van der Waals surface area contributed by atoms with Crippen molar-refractivity contribution in [3.63, 3.8) is 0 Å². The Morgan fingerprint density at radius 2 is 1.79 bits per heavy atom. The highest BCUT2D eigenvalue weighted by Gasteiger charge is 2.36. The number of alkyl halides is 3. The highest BCUT2D eigenvalue weighted by molar-refractivity contribution is 5.33. The Bertz CT molecular complexity index is 511. The number of rotatable bonds is 2. The van der Waals surface area contributed by atoms with Crippen LogP contribution in [0.25, 0.3) is 0 Å². The van der Waals surface area contributed by atoms with Crippen molar-refractivity contribution in [2.45, 2.75) is 32.0 Å². The lowest BCUT2D eigenvalue weighted by molar-refractivity contribution is -0.0891. The molecule has 2 rings (SSSR count). The first-order valence-electron chi connectivity index (χ1n) is 6.01. The lowest BCUT2D eigenvalue weighted by atomic mass is 9.93. The van der Waals surface area contributed by atoms with Crippen LogP contribution in [0, 0.1) is 6.92 Å². The maximum atomic E-state index is 12.5. The summed E-state index contributed by atoms with van der Waals surface area (Å²) in [6, 6.07) is 7.44. The molecule has 0 amide bonds. The quantitative estimate of drug-likeness (QED) is 0.762. The second-order valence-electron chi connectivity index (χ2n) is 4.92. The predicted octanol–water partition coefficient (Wildman–Crippen LogP) is 4.58. The molecule has 4 heteroatoms. The summed E-state index contributed by atoms with van der Waals surface area (Å²) >= 11 is 0. The Labute approximate surface area is 110 Å². The van der Waals surface area contributed by atoms with Crippen molar-refractivity contribution in [2.75, 3.05) is 0 Å². The first kappa shape index (κ1) is 13.7. The SMILES string of the molecule is Cc1ccc(OC2(C)C=CC(C(F)(F)F)=CC2)cc1. The average Bonchev–Trinajstić information content (AvgIpc) is 2.31. The van der Waals surface area contributed by atoms with E-state index in [-0.39, 0.29) is 6.42 Å². The van der Waals surface area contributed by atoms with Gasteiger partial charge in [0.05, 0.1) is 5.57 Å². The van der Waals surface area contributed by atoms with Crippen LogP contribution in [-0.4, -0.2) is 11.8 Å². The fraction of sp³-hybridized carbons (Fsp3) is 0.333. The number of allylic oxidation sites excluding steroid dienone is 2. The van der Waals surface area contributed by atoms with E-state index in [0.717, 1.165) is 11.6 Å². The van der Waals surface area contributed by atoms with E-state index >= 15 is 0 Å². The van der Waals surface area contributed by atoms with E-state index in [1.807, 2.05) is 31.2 Å². The molecule has 1 aliphatic carbocycles. The molecule has 0 heterocycles. The van der Waals surface area contributed by atoms with Gasteiger partial charge in [-0.1, -0.05) is 29.8 Å². The second kappa shape index (κ2) is 4.76. The van der Waals surface area contributed by atoms with E-state index < -0.39 is 17.4 Å². The van der Waals surface area contributed by atoms with Gasteiger partial charge in [0.15, 0.2) is 0 Å². The van der Waals surface area contributed by atoms with Crippen molar-refractivity contribution < 1.29 is 17.9 Å². The Kier molecular flexibility index (Phi) is 3.43. The summed E-state index contributed by atoms with van der Waals surface area (Å²) in [7, 11) is 0. The summed E-state index contributed by atoms with van der Waals surface area (Å²) in [4.78, 5) is 0. The predicted molar refractivity (Wildman–Crippen MR) is 68.1 cm³/mol. The molecule has 0 aromatic heterocycles. The molecule has 0 radical (unpaired) electrons. The highest BCUT2D eigenvalue weighted by atomic mass is 19.4. The van der Waals surface area contributed by atoms with E-state index in [1.165, 1.54) is 12.2 Å². The lowest BCUT2D eigenvalue weighted by Gasteiger charge is -2.29. The van der Waals surface area contributed by atoms with E-state index in [9.17, 15) is 13.2 Å². The van der Waals surface area contributed by atoms with Gasteiger partial charge in [-0.05, 0) is 32.1 Å². The Morgan fingerprint density at radius 1 is 1.16 bits per heavy atom. The monoisotopic (exact) mass is 268 g/mol. The van der Waals surface area contributed by atoms with Gasteiger partial charge >= 0.3 is 6.18 Å². The summed E-state index contributed by atoms with van der Waals surface area (Å²) in [5, 5.41) is 0. The number of halogens is 3. The molecule has 1 atom stereocenters. The topological polar surface area (TPSA) is 9.23 Å². The minimum absolute atomic E-state index is 0.201. The van der Waals surface area contributed by atoms with Crippen LogP contribution >= 0.6 is 0 Å². The zero-order valence-electron chi connectivity index (χ0n) is 10.8. The van der Waals surface area contributed by atoms with Gasteiger partial charge in [-0.3, -0.25) is 0 Å². The molecule has 0 saturated carbocycles. The maximum Gasteiger partial charge on any atom is 0.416 e. The largest absolute Gasteiger partial charge is 0.483 e. The molecule has 1 nitrogen and oxygen atoms in total. The van der Waals surface area contributed by atoms with Gasteiger partial charge in [0.25, 0.3) is 0 Å². The van der Waals surface area contributed by atoms with Crippen LogP contribution in [0.4, 0.5) is 13.2 Å². The van der Waals surface area contributed by atoms with Crippen LogP contribution in [0.3, 0.4) is 0 Å². The number of benzene rings is 1. The second-order valence-corrected chi connectivity index (χ2v) is 4.92. The van der Waals surface area contributed by atoms with E-state index in [0.29, 0.717) is 5.75 Å². The van der Waals surface area contributed by atoms with Gasteiger partial charge < -0.3 is 4.74 Å². The van der Waals surface area contributed by atoms with E-state index in [1.54, 1.807) is 6.92 Å². The number of hydrogen-bond donors (Lipinski definition) is 0. The molecular formula is C15H15F3O. The molecule has 0 N–H and O–H groups in total. The van der Waals surface area contributed by atoms with Crippen LogP contribution in [-0.2, 0) is 0 Å². The lowest BCUT2D eigenvalue weighted by Crippen LogP contribution is -2.32. The number of aryl methyl sites for hydroxylation is 1. The summed E-state index contributed by atoms with van der Waals surface area (Å²) in [6.07, 6.45) is -0.366. The van der Waals surface area contributed by atoms with Crippen molar-refractivity contribution in [1.82, 2.24) is 0 Å². The number of hydrogen-bond acceptors (Lipinski definition) is 1. The smallest absolute Gasteiger partial charge is 0.416 e. The molecule has 102 valence electrons. The summed E-state index contributed by atoms with van der Waals surface area (Å²) in [5.74, 6) is 0.654. The van der Waals surface area contributed by atoms with Gasteiger partial charge in [0.1, 0.15) is 11.4 Å². The Balaban J connectivity index is 2.09. The van der Waals surface area contributed by atoms with Crippen molar-refractivity contribution in [2.24, 2.45) is 0 Å². The normalized spacial score (nSPS) is 23.1. The zero-order valence-corrected chi connectivity index (χ0v) is 10.8. The molecule has 0 aliphatic heterocycles. The minimum Gasteiger partial charge on any atom is -0.483 e. The molecule has 0 fully saturated rings. The first-order valence-corrected chi connectivity index (χ1v) is 6.01. The third kappa shape index (κ3) is 3.40. The van der Waals surface area contributed by atoms with Crippen molar-refractivity contribution in [3.8, 4) is 5.75 Å². The van der Waals surface area contributed by atoms with Gasteiger partial charge in [-0.15, -0.1) is 0 Å². The standard InChI is InChI=1S/C15H15F3O/c1-11-3-5-13(6-4-11)19-14(2)9-7-12(8-10-14)15(16,17)18/h3-9H,10H2,1-2H3. The molecule has 1 aliphatic rings. The molecule has 0 bridgehead atoms. The van der Waals surface area contributed by atoms with Gasteiger partial charge in [0, 0.05) is 6.42 Å². The third-order valence-corrected chi connectivity index (χ3v) is 3.04. The molecule has 0 saturated heterocycles. The first-order chi connectivity index (χ1) is 8.78. The van der Waals surface area contributed by atoms with E-state index in [4.69, 9.17) is 4.74 Å². The average molecular weight is 268 g/mol. The van der Waals surface area contributed by atoms with Crippen LogP contribution in [0.15, 0.2) is 48.1 Å². The van der Waals surface area contributed by atoms with Gasteiger partial charge in [0.2, 0.25) is 0 Å². The van der Waals surface area contributed by atoms with Gasteiger partial charge in [-0.25, -0.2) is 0 Å². The van der Waals surface area contributed by atoms with Crippen LogP contribution in [0.1, 0.15) is 18.9 Å². The highest BCUT2D eigenvalue weighted by Crippen LogP contribution is 2.34. The molecule has 1 aromatic carbocycles. The Hall–Kier alpha value is -1.71. The molecule has 0 spiro atoms. The zero-order chi connectivity index (χ0) is 14.1. The third-order valence-electron chi connectivity index (χ3n) is 3.04. The molecule has 19 heavy (non-hydrogen) atoms. The molecule has 1 aromatic rings. The fourth-order valence-electron chi connectivity index (χ4n) is 1.88. The van der Waals surface area contributed by atoms with Gasteiger partial charge in [-0.2, -0.15) is 13.2 Å². The summed E-state index contributed by atoms with van der Waals surface area (Å²) < 4.78 is 43.3. The molecule has 1 unspecified atom stereocenters. The van der Waals surface area contributed by atoms with Crippen LogP contribution in [0.5, 0.6) is 5.75 Å². The summed E-state index contributed by atoms with van der Waals surface area (Å²) in [5.41, 5.74) is -0.238. The van der Waals surface area contributed by atoms with Crippen molar-refractivity contribution in [1.29, 1.82) is 0 Å². The van der Waals surface area contributed by atoms with Crippen molar-refractivity contribution >= 4 is 0 Å². The van der Waals surface area contributed by atoms with E-state index in [2.05, 4.69) is 0 Å². The number of ether oxygens (including phenoxy) is 1. The summed E-state index contributed by atoms with van der Waals surface area (Å²) in [6.45, 7) is 3.73. The molecular weight excluding hydrogens is 253 g/mol. The van der Waals surface area contributed by atoms with Crippen molar-refractivity contribution in [3.05, 3.63) is 53.6 Å². The Morgan fingerprint density at radius 3 is 2.26 bits per heavy atom.